The predicted molar refractivity (Wildman–Crippen MR) is 77.0 cm³/mol. The highest BCUT2D eigenvalue weighted by molar-refractivity contribution is 6.31. The molecule has 0 fully saturated rings. The second-order valence-electron chi connectivity index (χ2n) is 4.58. The summed E-state index contributed by atoms with van der Waals surface area (Å²) in [5.74, 6) is -1.87. The van der Waals surface area contributed by atoms with Crippen molar-refractivity contribution in [2.75, 3.05) is 13.2 Å². The molecular weight excluding hydrogens is 317 g/mol. The van der Waals surface area contributed by atoms with E-state index in [1.54, 1.807) is 0 Å². The minimum Gasteiger partial charge on any atom is -0.479 e. The van der Waals surface area contributed by atoms with Crippen LogP contribution in [0, 0.1) is 5.82 Å². The van der Waals surface area contributed by atoms with Crippen molar-refractivity contribution in [2.45, 2.75) is 26.1 Å². The summed E-state index contributed by atoms with van der Waals surface area (Å²) in [5, 5.41) is 12.7. The van der Waals surface area contributed by atoms with Gasteiger partial charge in [0.1, 0.15) is 30.0 Å². The smallest absolute Gasteiger partial charge is 0.344 e. The number of carboxylic acids is 1. The lowest BCUT2D eigenvalue weighted by Crippen LogP contribution is -2.27. The number of ether oxygens (including phenoxy) is 2. The van der Waals surface area contributed by atoms with E-state index in [9.17, 15) is 9.18 Å². The first-order chi connectivity index (χ1) is 10.4. The van der Waals surface area contributed by atoms with Gasteiger partial charge in [-0.1, -0.05) is 16.8 Å². The highest BCUT2D eigenvalue weighted by atomic mass is 35.5. The van der Waals surface area contributed by atoms with Gasteiger partial charge in [0.2, 0.25) is 0 Å². The fourth-order valence-electron chi connectivity index (χ4n) is 1.93. The van der Waals surface area contributed by atoms with Crippen LogP contribution < -0.4 is 4.74 Å². The Morgan fingerprint density at radius 2 is 2.36 bits per heavy atom. The predicted octanol–water partition coefficient (Wildman–Crippen LogP) is 2.47. The van der Waals surface area contributed by atoms with Gasteiger partial charge in [-0.15, -0.1) is 0 Å². The first kappa shape index (κ1) is 16.5. The van der Waals surface area contributed by atoms with Crippen LogP contribution in [0.3, 0.4) is 0 Å². The highest BCUT2D eigenvalue weighted by Gasteiger charge is 2.29. The van der Waals surface area contributed by atoms with Crippen molar-refractivity contribution in [3.8, 4) is 5.75 Å². The number of hydrogen-bond donors (Lipinski definition) is 1. The van der Waals surface area contributed by atoms with Crippen LogP contribution in [-0.2, 0) is 14.4 Å². The molecule has 1 aromatic carbocycles. The van der Waals surface area contributed by atoms with Crippen LogP contribution in [0.2, 0.25) is 5.02 Å². The Hall–Kier alpha value is -1.86. The normalized spacial score (nSPS) is 18.5. The molecule has 1 aromatic rings. The fraction of sp³-hybridized carbons (Fsp3) is 0.429. The van der Waals surface area contributed by atoms with Gasteiger partial charge in [0, 0.05) is 18.2 Å². The maximum atomic E-state index is 13.7. The molecule has 0 aromatic heterocycles. The van der Waals surface area contributed by atoms with Gasteiger partial charge in [0.15, 0.2) is 6.10 Å². The Morgan fingerprint density at radius 1 is 1.64 bits per heavy atom. The lowest BCUT2D eigenvalue weighted by Gasteiger charge is -2.17. The van der Waals surface area contributed by atoms with E-state index in [1.165, 1.54) is 13.0 Å². The number of rotatable bonds is 6. The van der Waals surface area contributed by atoms with E-state index in [4.69, 9.17) is 31.0 Å². The molecule has 8 heteroatoms. The van der Waals surface area contributed by atoms with Crippen LogP contribution in [0.15, 0.2) is 17.3 Å². The summed E-state index contributed by atoms with van der Waals surface area (Å²) in [6.07, 6.45) is -1.61. The summed E-state index contributed by atoms with van der Waals surface area (Å²) in [5.41, 5.74) is 0.729. The van der Waals surface area contributed by atoms with Crippen LogP contribution in [0.5, 0.6) is 5.75 Å². The molecule has 1 N–H and O–H groups in total. The number of carbonyl (C=O) groups is 1. The van der Waals surface area contributed by atoms with Gasteiger partial charge in [-0.2, -0.15) is 0 Å². The van der Waals surface area contributed by atoms with Crippen molar-refractivity contribution in [3.63, 3.8) is 0 Å². The Kier molecular flexibility index (Phi) is 5.20. The van der Waals surface area contributed by atoms with E-state index in [0.717, 1.165) is 6.07 Å². The van der Waals surface area contributed by atoms with Crippen LogP contribution in [0.4, 0.5) is 4.39 Å². The molecule has 0 saturated carbocycles. The first-order valence-electron chi connectivity index (χ1n) is 6.64. The summed E-state index contributed by atoms with van der Waals surface area (Å²) in [6, 6.07) is 2.35. The second kappa shape index (κ2) is 6.93. The van der Waals surface area contributed by atoms with E-state index < -0.39 is 24.0 Å². The fourth-order valence-corrected chi connectivity index (χ4v) is 2.09. The molecule has 1 aliphatic heterocycles. The summed E-state index contributed by atoms with van der Waals surface area (Å²) >= 11 is 5.80. The molecule has 1 heterocycles. The summed E-state index contributed by atoms with van der Waals surface area (Å²) < 4.78 is 24.5. The number of oxime groups is 1. The van der Waals surface area contributed by atoms with Gasteiger partial charge >= 0.3 is 5.97 Å². The average molecular weight is 332 g/mol. The SMILES string of the molecule is CCOC1CON=C1c1cc(Cl)c(F)cc1OC(C)C(=O)O. The summed E-state index contributed by atoms with van der Waals surface area (Å²) in [6.45, 7) is 3.80. The number of hydrogen-bond acceptors (Lipinski definition) is 5. The molecule has 6 nitrogen and oxygen atoms in total. The van der Waals surface area contributed by atoms with Gasteiger partial charge < -0.3 is 19.4 Å². The van der Waals surface area contributed by atoms with Crippen LogP contribution in [-0.4, -0.2) is 42.2 Å². The molecule has 0 spiro atoms. The molecule has 0 amide bonds. The standard InChI is InChI=1S/C14H15ClFNO5/c1-3-20-12-6-21-17-13(12)8-4-9(15)10(16)5-11(8)22-7(2)14(18)19/h4-5,7,12H,3,6H2,1-2H3,(H,18,19). The molecule has 22 heavy (non-hydrogen) atoms. The maximum Gasteiger partial charge on any atom is 0.344 e. The van der Waals surface area contributed by atoms with Gasteiger partial charge in [0.25, 0.3) is 0 Å². The van der Waals surface area contributed by atoms with E-state index >= 15 is 0 Å². The minimum absolute atomic E-state index is 0.0192. The van der Waals surface area contributed by atoms with Gasteiger partial charge in [-0.25, -0.2) is 9.18 Å². The summed E-state index contributed by atoms with van der Waals surface area (Å²) in [4.78, 5) is 15.9. The number of benzene rings is 1. The summed E-state index contributed by atoms with van der Waals surface area (Å²) in [7, 11) is 0. The minimum atomic E-state index is -1.17. The quantitative estimate of drug-likeness (QED) is 0.866. The molecule has 0 aliphatic carbocycles. The van der Waals surface area contributed by atoms with E-state index in [2.05, 4.69) is 5.16 Å². The first-order valence-corrected chi connectivity index (χ1v) is 7.02. The molecule has 0 saturated heterocycles. The van der Waals surface area contributed by atoms with Crippen molar-refractivity contribution < 1.29 is 28.6 Å². The molecule has 1 aliphatic rings. The van der Waals surface area contributed by atoms with Crippen LogP contribution in [0.1, 0.15) is 19.4 Å². The molecule has 0 bridgehead atoms. The second-order valence-corrected chi connectivity index (χ2v) is 4.98. The number of aliphatic carboxylic acids is 1. The Balaban J connectivity index is 2.41. The monoisotopic (exact) mass is 331 g/mol. The van der Waals surface area contributed by atoms with E-state index in [0.29, 0.717) is 17.9 Å². The third kappa shape index (κ3) is 3.48. The van der Waals surface area contributed by atoms with Crippen molar-refractivity contribution in [2.24, 2.45) is 5.16 Å². The molecule has 0 radical (unpaired) electrons. The zero-order valence-electron chi connectivity index (χ0n) is 12.0. The number of halogens is 2. The van der Waals surface area contributed by atoms with Crippen molar-refractivity contribution in [1.29, 1.82) is 0 Å². The maximum absolute atomic E-state index is 13.7. The lowest BCUT2D eigenvalue weighted by molar-refractivity contribution is -0.144. The van der Waals surface area contributed by atoms with Crippen LogP contribution >= 0.6 is 11.6 Å². The number of carboxylic acid groups (broad SMARTS) is 1. The zero-order valence-corrected chi connectivity index (χ0v) is 12.8. The molecule has 2 atom stereocenters. The number of nitrogens with zero attached hydrogens (tertiary/aromatic N) is 1. The molecule has 120 valence electrons. The Bertz CT molecular complexity index is 607. The van der Waals surface area contributed by atoms with Gasteiger partial charge in [-0.05, 0) is 19.9 Å². The topological polar surface area (TPSA) is 77.3 Å². The Morgan fingerprint density at radius 3 is 3.00 bits per heavy atom. The van der Waals surface area contributed by atoms with Crippen LogP contribution in [0.25, 0.3) is 0 Å². The van der Waals surface area contributed by atoms with E-state index in [1.807, 2.05) is 6.92 Å². The van der Waals surface area contributed by atoms with Crippen molar-refractivity contribution >= 4 is 23.3 Å². The van der Waals surface area contributed by atoms with Gasteiger partial charge in [-0.3, -0.25) is 0 Å². The lowest BCUT2D eigenvalue weighted by atomic mass is 10.0. The average Bonchev–Trinajstić information content (AvgIpc) is 2.91. The Labute approximate surface area is 131 Å². The van der Waals surface area contributed by atoms with Gasteiger partial charge in [0.05, 0.1) is 5.02 Å². The van der Waals surface area contributed by atoms with Crippen molar-refractivity contribution in [3.05, 3.63) is 28.5 Å². The molecule has 2 rings (SSSR count). The molecular formula is C14H15ClFNO5. The largest absolute Gasteiger partial charge is 0.479 e. The van der Waals surface area contributed by atoms with Crippen molar-refractivity contribution in [1.82, 2.24) is 0 Å². The zero-order chi connectivity index (χ0) is 16.3. The molecule has 2 unspecified atom stereocenters. The third-order valence-corrected chi connectivity index (χ3v) is 3.30. The third-order valence-electron chi connectivity index (χ3n) is 3.01. The van der Waals surface area contributed by atoms with E-state index in [-0.39, 0.29) is 17.4 Å². The highest BCUT2D eigenvalue weighted by Crippen LogP contribution is 2.30.